The van der Waals surface area contributed by atoms with Crippen molar-refractivity contribution in [2.45, 2.75) is 18.9 Å². The maximum Gasteiger partial charge on any atom is 0.337 e. The standard InChI is InChI=1S/C21H24N2O4/c1-3-13(11-24)16(17(12-25)21(26)27-2)10-19-20-15(8-9-22-19)14-6-4-5-7-18(14)23-20/h3-7,11-13,16,19,22-23,25H,1,8-10H2,2H3/b17-12-/t13-,16-,19-/m0/s1. The number of hydrogen-bond acceptors (Lipinski definition) is 5. The van der Waals surface area contributed by atoms with Crippen molar-refractivity contribution in [3.8, 4) is 0 Å². The smallest absolute Gasteiger partial charge is 0.337 e. The van der Waals surface area contributed by atoms with Gasteiger partial charge in [0.1, 0.15) is 6.29 Å². The molecule has 3 N–H and O–H groups in total. The number of carbonyl (C=O) groups is 2. The zero-order valence-corrected chi connectivity index (χ0v) is 15.3. The van der Waals surface area contributed by atoms with Gasteiger partial charge in [-0.05, 0) is 31.0 Å². The topological polar surface area (TPSA) is 91.4 Å². The van der Waals surface area contributed by atoms with E-state index in [-0.39, 0.29) is 11.6 Å². The number of aromatic amines is 1. The van der Waals surface area contributed by atoms with E-state index >= 15 is 0 Å². The second kappa shape index (κ2) is 8.22. The number of benzene rings is 1. The number of aliphatic hydroxyl groups excluding tert-OH is 1. The Morgan fingerprint density at radius 2 is 2.22 bits per heavy atom. The minimum absolute atomic E-state index is 0.0690. The van der Waals surface area contributed by atoms with Gasteiger partial charge in [0.05, 0.1) is 18.9 Å². The van der Waals surface area contributed by atoms with Crippen LogP contribution in [0.25, 0.3) is 10.9 Å². The lowest BCUT2D eigenvalue weighted by Crippen LogP contribution is -2.34. The van der Waals surface area contributed by atoms with Gasteiger partial charge in [0.25, 0.3) is 0 Å². The zero-order valence-electron chi connectivity index (χ0n) is 15.3. The molecule has 1 aliphatic rings. The van der Waals surface area contributed by atoms with Crippen LogP contribution in [-0.4, -0.2) is 36.0 Å². The first-order valence-electron chi connectivity index (χ1n) is 8.97. The fourth-order valence-corrected chi connectivity index (χ4v) is 3.94. The van der Waals surface area contributed by atoms with Crippen LogP contribution in [0, 0.1) is 11.8 Å². The van der Waals surface area contributed by atoms with Crippen LogP contribution < -0.4 is 5.32 Å². The second-order valence-electron chi connectivity index (χ2n) is 6.69. The maximum atomic E-state index is 12.1. The van der Waals surface area contributed by atoms with E-state index in [0.29, 0.717) is 6.42 Å². The Morgan fingerprint density at radius 3 is 2.89 bits per heavy atom. The Balaban J connectivity index is 1.99. The highest BCUT2D eigenvalue weighted by atomic mass is 16.5. The molecule has 1 aromatic heterocycles. The lowest BCUT2D eigenvalue weighted by molar-refractivity contribution is -0.137. The third kappa shape index (κ3) is 3.53. The molecule has 0 bridgehead atoms. The zero-order chi connectivity index (χ0) is 19.4. The molecule has 27 heavy (non-hydrogen) atoms. The summed E-state index contributed by atoms with van der Waals surface area (Å²) >= 11 is 0. The highest BCUT2D eigenvalue weighted by molar-refractivity contribution is 5.89. The molecule has 0 fully saturated rings. The average Bonchev–Trinajstić information content (AvgIpc) is 3.09. The molecule has 2 heterocycles. The van der Waals surface area contributed by atoms with Crippen LogP contribution in [0.4, 0.5) is 0 Å². The number of hydrogen-bond donors (Lipinski definition) is 3. The Bertz CT molecular complexity index is 875. The number of para-hydroxylation sites is 1. The van der Waals surface area contributed by atoms with E-state index in [1.807, 2.05) is 18.2 Å². The quantitative estimate of drug-likeness (QED) is 0.230. The number of allylic oxidation sites excluding steroid dienone is 1. The van der Waals surface area contributed by atoms with Crippen molar-refractivity contribution in [1.82, 2.24) is 10.3 Å². The van der Waals surface area contributed by atoms with E-state index in [0.717, 1.165) is 36.7 Å². The third-order valence-electron chi connectivity index (χ3n) is 5.30. The van der Waals surface area contributed by atoms with Crippen LogP contribution in [0.3, 0.4) is 0 Å². The number of methoxy groups -OCH3 is 1. The number of aromatic nitrogens is 1. The molecule has 0 amide bonds. The highest BCUT2D eigenvalue weighted by Gasteiger charge is 2.33. The predicted octanol–water partition coefficient (Wildman–Crippen LogP) is 2.98. The van der Waals surface area contributed by atoms with Gasteiger partial charge >= 0.3 is 5.97 Å². The summed E-state index contributed by atoms with van der Waals surface area (Å²) in [6, 6.07) is 8.04. The van der Waals surface area contributed by atoms with Crippen molar-refractivity contribution >= 4 is 23.2 Å². The largest absolute Gasteiger partial charge is 0.515 e. The lowest BCUT2D eigenvalue weighted by Gasteiger charge is -2.30. The molecule has 1 aromatic carbocycles. The molecule has 0 saturated carbocycles. The number of aldehydes is 1. The van der Waals surface area contributed by atoms with Crippen LogP contribution in [0.2, 0.25) is 0 Å². The lowest BCUT2D eigenvalue weighted by atomic mass is 9.80. The number of ether oxygens (including phenoxy) is 1. The van der Waals surface area contributed by atoms with E-state index in [9.17, 15) is 14.7 Å². The average molecular weight is 368 g/mol. The number of esters is 1. The van der Waals surface area contributed by atoms with Crippen molar-refractivity contribution in [3.63, 3.8) is 0 Å². The summed E-state index contributed by atoms with van der Waals surface area (Å²) in [5, 5.41) is 14.3. The van der Waals surface area contributed by atoms with Crippen LogP contribution in [-0.2, 0) is 20.7 Å². The van der Waals surface area contributed by atoms with Gasteiger partial charge in [-0.1, -0.05) is 24.3 Å². The van der Waals surface area contributed by atoms with Gasteiger partial charge in [0.2, 0.25) is 0 Å². The molecule has 0 spiro atoms. The second-order valence-corrected chi connectivity index (χ2v) is 6.69. The number of aliphatic hydroxyl groups is 1. The summed E-state index contributed by atoms with van der Waals surface area (Å²) in [4.78, 5) is 27.2. The van der Waals surface area contributed by atoms with Crippen molar-refractivity contribution in [1.29, 1.82) is 0 Å². The molecule has 0 aliphatic carbocycles. The molecule has 0 unspecified atom stereocenters. The van der Waals surface area contributed by atoms with E-state index < -0.39 is 17.8 Å². The van der Waals surface area contributed by atoms with Gasteiger partial charge in [0.15, 0.2) is 0 Å². The fourth-order valence-electron chi connectivity index (χ4n) is 3.94. The van der Waals surface area contributed by atoms with E-state index in [2.05, 4.69) is 22.9 Å². The molecule has 0 saturated heterocycles. The number of H-pyrrole nitrogens is 1. The number of carbonyl (C=O) groups excluding carboxylic acids is 2. The Kier molecular flexibility index (Phi) is 5.76. The predicted molar refractivity (Wildman–Crippen MR) is 103 cm³/mol. The van der Waals surface area contributed by atoms with Crippen molar-refractivity contribution < 1.29 is 19.4 Å². The molecule has 1 aliphatic heterocycles. The maximum absolute atomic E-state index is 12.1. The number of rotatable bonds is 7. The first-order chi connectivity index (χ1) is 13.1. The summed E-state index contributed by atoms with van der Waals surface area (Å²) in [6.07, 6.45) is 4.33. The molecule has 3 atom stereocenters. The van der Waals surface area contributed by atoms with Crippen molar-refractivity contribution in [2.75, 3.05) is 13.7 Å². The van der Waals surface area contributed by atoms with Crippen LogP contribution >= 0.6 is 0 Å². The van der Waals surface area contributed by atoms with Gasteiger partial charge < -0.3 is 24.9 Å². The van der Waals surface area contributed by atoms with Crippen molar-refractivity contribution in [2.24, 2.45) is 11.8 Å². The Labute approximate surface area is 157 Å². The van der Waals surface area contributed by atoms with Crippen LogP contribution in [0.5, 0.6) is 0 Å². The van der Waals surface area contributed by atoms with Crippen LogP contribution in [0.15, 0.2) is 48.8 Å². The van der Waals surface area contributed by atoms with Crippen molar-refractivity contribution in [3.05, 3.63) is 60.0 Å². The molecule has 142 valence electrons. The Hall–Kier alpha value is -2.86. The first kappa shape index (κ1) is 18.9. The molecular weight excluding hydrogens is 344 g/mol. The molecule has 0 radical (unpaired) electrons. The minimum Gasteiger partial charge on any atom is -0.515 e. The molecular formula is C21H24N2O4. The van der Waals surface area contributed by atoms with Gasteiger partial charge in [-0.15, -0.1) is 6.58 Å². The van der Waals surface area contributed by atoms with Gasteiger partial charge in [0, 0.05) is 34.5 Å². The number of nitrogens with one attached hydrogen (secondary N) is 2. The summed E-state index contributed by atoms with van der Waals surface area (Å²) in [5.41, 5.74) is 3.44. The third-order valence-corrected chi connectivity index (χ3v) is 5.30. The highest BCUT2D eigenvalue weighted by Crippen LogP contribution is 2.36. The van der Waals surface area contributed by atoms with E-state index in [4.69, 9.17) is 4.74 Å². The first-order valence-corrected chi connectivity index (χ1v) is 8.97. The minimum atomic E-state index is -0.649. The van der Waals surface area contributed by atoms with Crippen LogP contribution in [0.1, 0.15) is 23.7 Å². The van der Waals surface area contributed by atoms with Gasteiger partial charge in [-0.3, -0.25) is 0 Å². The van der Waals surface area contributed by atoms with Gasteiger partial charge in [-0.25, -0.2) is 4.79 Å². The van der Waals surface area contributed by atoms with E-state index in [1.165, 1.54) is 24.1 Å². The normalized spacial score (nSPS) is 19.1. The van der Waals surface area contributed by atoms with E-state index in [1.54, 1.807) is 0 Å². The summed E-state index contributed by atoms with van der Waals surface area (Å²) in [5.74, 6) is -1.81. The summed E-state index contributed by atoms with van der Waals surface area (Å²) in [7, 11) is 1.25. The number of fused-ring (bicyclic) bond motifs is 3. The summed E-state index contributed by atoms with van der Waals surface area (Å²) < 4.78 is 4.78. The molecule has 3 rings (SSSR count). The molecule has 6 heteroatoms. The SMILES string of the molecule is C=C[C@@H](C=O)[C@H](C[C@@H]1NCCc2c1[nH]c1ccccc21)/C(=C/O)C(=O)OC. The monoisotopic (exact) mass is 368 g/mol. The summed E-state index contributed by atoms with van der Waals surface area (Å²) in [6.45, 7) is 4.50. The fraction of sp³-hybridized carbons (Fsp3) is 0.333. The molecule has 6 nitrogen and oxygen atoms in total. The molecule has 2 aromatic rings. The van der Waals surface area contributed by atoms with Gasteiger partial charge in [-0.2, -0.15) is 0 Å². The Morgan fingerprint density at radius 1 is 1.44 bits per heavy atom.